The van der Waals surface area contributed by atoms with Crippen molar-refractivity contribution in [2.45, 2.75) is 97.1 Å². The highest BCUT2D eigenvalue weighted by Gasteiger charge is 2.47. The van der Waals surface area contributed by atoms with E-state index in [0.29, 0.717) is 45.2 Å². The number of ether oxygens (including phenoxy) is 3. The molecule has 0 radical (unpaired) electrons. The molecule has 10 heteroatoms. The van der Waals surface area contributed by atoms with Crippen molar-refractivity contribution in [3.8, 4) is 0 Å². The van der Waals surface area contributed by atoms with Crippen LogP contribution in [0.5, 0.6) is 0 Å². The summed E-state index contributed by atoms with van der Waals surface area (Å²) in [6.45, 7) is 15.3. The van der Waals surface area contributed by atoms with Gasteiger partial charge in [0.25, 0.3) is 0 Å². The number of rotatable bonds is 8. The molecular weight excluding hydrogens is 548 g/mol. The van der Waals surface area contributed by atoms with Gasteiger partial charge in [-0.2, -0.15) is 0 Å². The number of nitrogens with zero attached hydrogens (tertiary/aromatic N) is 2. The average Bonchev–Trinajstić information content (AvgIpc) is 3.39. The molecule has 1 aromatic rings. The quantitative estimate of drug-likeness (QED) is 0.466. The topological polar surface area (TPSA) is 109 Å². The van der Waals surface area contributed by atoms with E-state index in [0.717, 1.165) is 37.9 Å². The van der Waals surface area contributed by atoms with Crippen LogP contribution in [-0.4, -0.2) is 97.4 Å². The van der Waals surface area contributed by atoms with Crippen LogP contribution in [0.1, 0.15) is 78.9 Å². The number of alkyl carbamates (subject to hydrolysis) is 1. The minimum Gasteiger partial charge on any atom is -0.444 e. The Bertz CT molecular complexity index is 1080. The lowest BCUT2D eigenvalue weighted by atomic mass is 9.85. The summed E-state index contributed by atoms with van der Waals surface area (Å²) in [6, 6.07) is 8.34. The maximum Gasteiger partial charge on any atom is 0.408 e. The lowest BCUT2D eigenvalue weighted by Gasteiger charge is -2.38. The van der Waals surface area contributed by atoms with Crippen LogP contribution in [0.3, 0.4) is 0 Å². The number of hydrogen-bond donors (Lipinski definition) is 2. The van der Waals surface area contributed by atoms with Gasteiger partial charge in [-0.15, -0.1) is 0 Å². The summed E-state index contributed by atoms with van der Waals surface area (Å²) in [7, 11) is 0. The Morgan fingerprint density at radius 2 is 1.74 bits per heavy atom. The minimum atomic E-state index is -0.882. The third-order valence-corrected chi connectivity index (χ3v) is 8.49. The summed E-state index contributed by atoms with van der Waals surface area (Å²) < 4.78 is 17.8. The number of carbonyl (C=O) groups excluding carboxylic acids is 3. The van der Waals surface area contributed by atoms with Crippen LogP contribution in [-0.2, 0) is 23.8 Å². The van der Waals surface area contributed by atoms with E-state index in [9.17, 15) is 14.4 Å². The SMILES string of the molecule is CC(C)(C)OC(=O)N[C@H](C(=O)N1C[C@@H](OCCC2CCNCC2)C[C@H]1C(=O)N1CCO[C@H](c2ccccc2)C1)C(C)(C)C. The van der Waals surface area contributed by atoms with Crippen molar-refractivity contribution in [2.24, 2.45) is 11.3 Å². The number of morpholine rings is 1. The van der Waals surface area contributed by atoms with Gasteiger partial charge < -0.3 is 34.6 Å². The number of nitrogens with one attached hydrogen (secondary N) is 2. The fourth-order valence-corrected chi connectivity index (χ4v) is 6.14. The molecule has 3 fully saturated rings. The highest BCUT2D eigenvalue weighted by atomic mass is 16.6. The number of likely N-dealkylation sites (tertiary alicyclic amines) is 1. The van der Waals surface area contributed by atoms with Crippen molar-refractivity contribution in [2.75, 3.05) is 45.9 Å². The molecule has 4 rings (SSSR count). The first-order chi connectivity index (χ1) is 20.3. The van der Waals surface area contributed by atoms with Gasteiger partial charge in [0.1, 0.15) is 23.8 Å². The Morgan fingerprint density at radius 1 is 1.05 bits per heavy atom. The summed E-state index contributed by atoms with van der Waals surface area (Å²) in [4.78, 5) is 44.6. The van der Waals surface area contributed by atoms with Gasteiger partial charge in [0.05, 0.1) is 19.3 Å². The second kappa shape index (κ2) is 14.4. The Labute approximate surface area is 257 Å². The largest absolute Gasteiger partial charge is 0.444 e. The van der Waals surface area contributed by atoms with E-state index in [1.807, 2.05) is 56.0 Å². The molecule has 3 saturated heterocycles. The summed E-state index contributed by atoms with van der Waals surface area (Å²) >= 11 is 0. The van der Waals surface area contributed by atoms with Crippen molar-refractivity contribution < 1.29 is 28.6 Å². The van der Waals surface area contributed by atoms with Crippen molar-refractivity contribution in [3.05, 3.63) is 35.9 Å². The van der Waals surface area contributed by atoms with Gasteiger partial charge in [-0.3, -0.25) is 9.59 Å². The molecule has 3 aliphatic rings. The van der Waals surface area contributed by atoms with Gasteiger partial charge in [-0.1, -0.05) is 51.1 Å². The van der Waals surface area contributed by atoms with Crippen LogP contribution in [0.4, 0.5) is 4.79 Å². The summed E-state index contributed by atoms with van der Waals surface area (Å²) in [6.07, 6.45) is 2.54. The zero-order valence-corrected chi connectivity index (χ0v) is 26.9. The number of carbonyl (C=O) groups is 3. The molecule has 0 unspecified atom stereocenters. The highest BCUT2D eigenvalue weighted by molar-refractivity contribution is 5.92. The van der Waals surface area contributed by atoms with E-state index in [1.54, 1.807) is 25.7 Å². The summed E-state index contributed by atoms with van der Waals surface area (Å²) in [5.74, 6) is 0.227. The first kappa shape index (κ1) is 33.2. The third kappa shape index (κ3) is 9.40. The van der Waals surface area contributed by atoms with Gasteiger partial charge in [0, 0.05) is 26.1 Å². The zero-order valence-electron chi connectivity index (χ0n) is 26.9. The molecular formula is C33H52N4O6. The second-order valence-corrected chi connectivity index (χ2v) is 14.2. The lowest BCUT2D eigenvalue weighted by molar-refractivity contribution is -0.150. The molecule has 3 heterocycles. The fraction of sp³-hybridized carbons (Fsp3) is 0.727. The number of hydrogen-bond acceptors (Lipinski definition) is 7. The van der Waals surface area contributed by atoms with Crippen molar-refractivity contribution in [3.63, 3.8) is 0 Å². The smallest absolute Gasteiger partial charge is 0.408 e. The van der Waals surface area contributed by atoms with E-state index in [2.05, 4.69) is 10.6 Å². The fourth-order valence-electron chi connectivity index (χ4n) is 6.14. The van der Waals surface area contributed by atoms with Crippen LogP contribution >= 0.6 is 0 Å². The second-order valence-electron chi connectivity index (χ2n) is 14.2. The number of piperidine rings is 1. The van der Waals surface area contributed by atoms with Crippen molar-refractivity contribution in [1.82, 2.24) is 20.4 Å². The summed E-state index contributed by atoms with van der Waals surface area (Å²) in [5.41, 5.74) is -0.305. The Kier molecular flexibility index (Phi) is 11.1. The van der Waals surface area contributed by atoms with Crippen LogP contribution in [0, 0.1) is 11.3 Å². The predicted octanol–water partition coefficient (Wildman–Crippen LogP) is 3.90. The van der Waals surface area contributed by atoms with Crippen molar-refractivity contribution in [1.29, 1.82) is 0 Å². The van der Waals surface area contributed by atoms with Gasteiger partial charge in [0.2, 0.25) is 11.8 Å². The molecule has 0 bridgehead atoms. The number of benzene rings is 1. The predicted molar refractivity (Wildman–Crippen MR) is 164 cm³/mol. The van der Waals surface area contributed by atoms with Gasteiger partial charge >= 0.3 is 6.09 Å². The molecule has 10 nitrogen and oxygen atoms in total. The third-order valence-electron chi connectivity index (χ3n) is 8.49. The van der Waals surface area contributed by atoms with E-state index in [-0.39, 0.29) is 24.0 Å². The molecule has 0 aromatic heterocycles. The maximum atomic E-state index is 14.2. The van der Waals surface area contributed by atoms with Gasteiger partial charge in [-0.05, 0) is 70.0 Å². The zero-order chi connectivity index (χ0) is 31.2. The molecule has 1 aromatic carbocycles. The molecule has 0 aliphatic carbocycles. The summed E-state index contributed by atoms with van der Waals surface area (Å²) in [5, 5.41) is 6.22. The van der Waals surface area contributed by atoms with E-state index in [4.69, 9.17) is 14.2 Å². The molecule has 3 aliphatic heterocycles. The molecule has 43 heavy (non-hydrogen) atoms. The van der Waals surface area contributed by atoms with E-state index >= 15 is 0 Å². The Morgan fingerprint density at radius 3 is 2.40 bits per heavy atom. The van der Waals surface area contributed by atoms with E-state index in [1.165, 1.54) is 0 Å². The van der Waals surface area contributed by atoms with Gasteiger partial charge in [0.15, 0.2) is 0 Å². The lowest BCUT2D eigenvalue weighted by Crippen LogP contribution is -2.59. The molecule has 0 saturated carbocycles. The maximum absolute atomic E-state index is 14.2. The Hall–Kier alpha value is -2.69. The van der Waals surface area contributed by atoms with Crippen LogP contribution in [0.2, 0.25) is 0 Å². The van der Waals surface area contributed by atoms with Crippen LogP contribution in [0.15, 0.2) is 30.3 Å². The van der Waals surface area contributed by atoms with E-state index < -0.39 is 29.2 Å². The van der Waals surface area contributed by atoms with Gasteiger partial charge in [-0.25, -0.2) is 4.79 Å². The number of amides is 3. The van der Waals surface area contributed by atoms with Crippen molar-refractivity contribution >= 4 is 17.9 Å². The highest BCUT2D eigenvalue weighted by Crippen LogP contribution is 2.30. The molecule has 240 valence electrons. The first-order valence-electron chi connectivity index (χ1n) is 15.9. The molecule has 2 N–H and O–H groups in total. The Balaban J connectivity index is 1.50. The standard InChI is InChI=1S/C33H52N4O6/c1-32(2,3)28(35-31(40)43-33(4,5)6)30(39)37-21-25(41-18-14-23-12-15-34-16-13-23)20-26(37)29(38)36-17-19-42-27(22-36)24-10-8-7-9-11-24/h7-11,23,25-28,34H,12-22H2,1-6H3,(H,35,40)/t25-,26-,27-,28+/m0/s1. The molecule has 3 amide bonds. The van der Waals surface area contributed by atoms with Crippen LogP contribution in [0.25, 0.3) is 0 Å². The molecule has 4 atom stereocenters. The molecule has 0 spiro atoms. The first-order valence-corrected chi connectivity index (χ1v) is 15.9. The van der Waals surface area contributed by atoms with Crippen LogP contribution < -0.4 is 10.6 Å². The average molecular weight is 601 g/mol. The normalized spacial score (nSPS) is 24.5. The minimum absolute atomic E-state index is 0.105. The monoisotopic (exact) mass is 600 g/mol.